The highest BCUT2D eigenvalue weighted by atomic mass is 35.5. The molecule has 6 heteroatoms. The number of benzene rings is 1. The fraction of sp³-hybridized carbons (Fsp3) is 0.444. The van der Waals surface area contributed by atoms with Gasteiger partial charge in [-0.1, -0.05) is 29.8 Å². The summed E-state index contributed by atoms with van der Waals surface area (Å²) in [5.41, 5.74) is 1.62. The van der Waals surface area contributed by atoms with E-state index in [-0.39, 0.29) is 18.1 Å². The van der Waals surface area contributed by atoms with Crippen molar-refractivity contribution in [2.75, 3.05) is 13.2 Å². The Kier molecular flexibility index (Phi) is 4.29. The number of hydrogen-bond donors (Lipinski definition) is 0. The summed E-state index contributed by atoms with van der Waals surface area (Å²) in [7, 11) is 0. The van der Waals surface area contributed by atoms with Crippen LogP contribution in [0.1, 0.15) is 35.2 Å². The first kappa shape index (κ1) is 15.7. The van der Waals surface area contributed by atoms with E-state index in [0.29, 0.717) is 30.3 Å². The summed E-state index contributed by atoms with van der Waals surface area (Å²) in [4.78, 5) is 14.8. The summed E-state index contributed by atoms with van der Waals surface area (Å²) in [5, 5.41) is 5.04. The normalized spacial score (nSPS) is 23.3. The molecule has 0 radical (unpaired) electrons. The highest BCUT2D eigenvalue weighted by Crippen LogP contribution is 2.30. The molecule has 5 nitrogen and oxygen atoms in total. The van der Waals surface area contributed by atoms with Crippen LogP contribution in [-0.4, -0.2) is 45.9 Å². The van der Waals surface area contributed by atoms with Gasteiger partial charge in [-0.3, -0.25) is 9.48 Å². The number of carbonyl (C=O) groups excluding carboxylic acids is 1. The lowest BCUT2D eigenvalue weighted by atomic mass is 10.1. The quantitative estimate of drug-likeness (QED) is 0.859. The largest absolute Gasteiger partial charge is 0.374 e. The van der Waals surface area contributed by atoms with Crippen LogP contribution in [0.5, 0.6) is 0 Å². The molecule has 0 unspecified atom stereocenters. The molecule has 2 aromatic rings. The van der Waals surface area contributed by atoms with Gasteiger partial charge >= 0.3 is 0 Å². The number of hydrogen-bond acceptors (Lipinski definition) is 3. The first-order chi connectivity index (χ1) is 11.7. The van der Waals surface area contributed by atoms with Crippen LogP contribution in [0, 0.1) is 0 Å². The van der Waals surface area contributed by atoms with Gasteiger partial charge in [0.05, 0.1) is 37.1 Å². The zero-order valence-corrected chi connectivity index (χ0v) is 14.2. The third-order valence-electron chi connectivity index (χ3n) is 4.91. The summed E-state index contributed by atoms with van der Waals surface area (Å²) >= 11 is 6.20. The summed E-state index contributed by atoms with van der Waals surface area (Å²) < 4.78 is 7.55. The van der Waals surface area contributed by atoms with Crippen LogP contribution in [0.4, 0.5) is 0 Å². The van der Waals surface area contributed by atoms with E-state index >= 15 is 0 Å². The van der Waals surface area contributed by atoms with Crippen molar-refractivity contribution < 1.29 is 9.53 Å². The minimum Gasteiger partial charge on any atom is -0.374 e. The molecule has 24 heavy (non-hydrogen) atoms. The maximum Gasteiger partial charge on any atom is 0.257 e. The molecular weight excluding hydrogens is 326 g/mol. The second kappa shape index (κ2) is 6.57. The van der Waals surface area contributed by atoms with E-state index in [0.717, 1.165) is 24.8 Å². The van der Waals surface area contributed by atoms with Gasteiger partial charge < -0.3 is 9.64 Å². The number of fused-ring (bicyclic) bond motifs is 1. The fourth-order valence-corrected chi connectivity index (χ4v) is 3.90. The van der Waals surface area contributed by atoms with Crippen molar-refractivity contribution in [2.45, 2.75) is 38.0 Å². The summed E-state index contributed by atoms with van der Waals surface area (Å²) in [6.07, 6.45) is 6.89. The molecule has 1 aliphatic carbocycles. The molecule has 1 saturated carbocycles. The SMILES string of the molecule is O=C(c1cnn(Cc2ccccc2Cl)c1)N1CCO[C@@H]2CCC[C@H]21. The first-order valence-corrected chi connectivity index (χ1v) is 8.78. The van der Waals surface area contributed by atoms with Gasteiger partial charge in [-0.15, -0.1) is 0 Å². The van der Waals surface area contributed by atoms with E-state index in [4.69, 9.17) is 16.3 Å². The number of ether oxygens (including phenoxy) is 1. The Labute approximate surface area is 146 Å². The van der Waals surface area contributed by atoms with Crippen LogP contribution < -0.4 is 0 Å². The molecule has 2 atom stereocenters. The van der Waals surface area contributed by atoms with E-state index in [2.05, 4.69) is 5.10 Å². The Balaban J connectivity index is 1.50. The molecule has 4 rings (SSSR count). The first-order valence-electron chi connectivity index (χ1n) is 8.41. The Morgan fingerprint density at radius 3 is 3.08 bits per heavy atom. The molecule has 1 aliphatic heterocycles. The maximum absolute atomic E-state index is 12.9. The summed E-state index contributed by atoms with van der Waals surface area (Å²) in [6, 6.07) is 7.90. The lowest BCUT2D eigenvalue weighted by Crippen LogP contribution is -2.51. The Hall–Kier alpha value is -1.85. The molecule has 1 aromatic carbocycles. The van der Waals surface area contributed by atoms with Gasteiger partial charge in [-0.2, -0.15) is 5.10 Å². The Morgan fingerprint density at radius 1 is 1.33 bits per heavy atom. The van der Waals surface area contributed by atoms with Gasteiger partial charge in [0.25, 0.3) is 5.91 Å². The fourth-order valence-electron chi connectivity index (χ4n) is 3.71. The Bertz CT molecular complexity index is 745. The average molecular weight is 346 g/mol. The van der Waals surface area contributed by atoms with Gasteiger partial charge in [0.1, 0.15) is 0 Å². The molecule has 0 bridgehead atoms. The van der Waals surface area contributed by atoms with Crippen LogP contribution in [0.15, 0.2) is 36.7 Å². The number of aromatic nitrogens is 2. The topological polar surface area (TPSA) is 47.4 Å². The van der Waals surface area contributed by atoms with Crippen molar-refractivity contribution in [1.29, 1.82) is 0 Å². The number of rotatable bonds is 3. The Morgan fingerprint density at radius 2 is 2.21 bits per heavy atom. The smallest absolute Gasteiger partial charge is 0.257 e. The molecule has 126 valence electrons. The minimum absolute atomic E-state index is 0.0561. The van der Waals surface area contributed by atoms with Gasteiger partial charge in [0.2, 0.25) is 0 Å². The zero-order chi connectivity index (χ0) is 16.5. The van der Waals surface area contributed by atoms with Crippen molar-refractivity contribution in [3.05, 3.63) is 52.8 Å². The van der Waals surface area contributed by atoms with Crippen molar-refractivity contribution >= 4 is 17.5 Å². The number of nitrogens with zero attached hydrogens (tertiary/aromatic N) is 3. The van der Waals surface area contributed by atoms with Crippen LogP contribution in [0.3, 0.4) is 0 Å². The monoisotopic (exact) mass is 345 g/mol. The number of carbonyl (C=O) groups is 1. The minimum atomic E-state index is 0.0561. The van der Waals surface area contributed by atoms with Crippen molar-refractivity contribution in [1.82, 2.24) is 14.7 Å². The van der Waals surface area contributed by atoms with Gasteiger partial charge in [-0.05, 0) is 30.9 Å². The highest BCUT2D eigenvalue weighted by molar-refractivity contribution is 6.31. The molecule has 2 heterocycles. The lowest BCUT2D eigenvalue weighted by Gasteiger charge is -2.37. The number of halogens is 1. The predicted octanol–water partition coefficient (Wildman–Crippen LogP) is 2.98. The highest BCUT2D eigenvalue weighted by Gasteiger charge is 2.38. The lowest BCUT2D eigenvalue weighted by molar-refractivity contribution is -0.0445. The van der Waals surface area contributed by atoms with E-state index in [1.807, 2.05) is 35.4 Å². The van der Waals surface area contributed by atoms with Gasteiger partial charge in [0.15, 0.2) is 0 Å². The summed E-state index contributed by atoms with van der Waals surface area (Å²) in [6.45, 7) is 1.85. The second-order valence-corrected chi connectivity index (χ2v) is 6.83. The number of morpholine rings is 1. The molecule has 2 aliphatic rings. The number of amides is 1. The summed E-state index contributed by atoms with van der Waals surface area (Å²) in [5.74, 6) is 0.0561. The average Bonchev–Trinajstić information content (AvgIpc) is 3.25. The molecule has 1 amide bonds. The van der Waals surface area contributed by atoms with E-state index < -0.39 is 0 Å². The van der Waals surface area contributed by atoms with Crippen LogP contribution in [-0.2, 0) is 11.3 Å². The van der Waals surface area contributed by atoms with Crippen LogP contribution in [0.25, 0.3) is 0 Å². The van der Waals surface area contributed by atoms with Crippen LogP contribution >= 0.6 is 11.6 Å². The van der Waals surface area contributed by atoms with Crippen molar-refractivity contribution in [2.24, 2.45) is 0 Å². The molecule has 0 spiro atoms. The van der Waals surface area contributed by atoms with Gasteiger partial charge in [0, 0.05) is 17.8 Å². The van der Waals surface area contributed by atoms with Crippen molar-refractivity contribution in [3.8, 4) is 0 Å². The van der Waals surface area contributed by atoms with Crippen LogP contribution in [0.2, 0.25) is 5.02 Å². The van der Waals surface area contributed by atoms with E-state index in [1.54, 1.807) is 10.9 Å². The maximum atomic E-state index is 12.9. The standard InChI is InChI=1S/C18H20ClN3O2/c19-15-5-2-1-4-13(15)11-21-12-14(10-20-21)18(23)22-8-9-24-17-7-3-6-16(17)22/h1-2,4-5,10,12,16-17H,3,6-9,11H2/t16-,17-/m1/s1. The third-order valence-corrected chi connectivity index (χ3v) is 5.28. The molecule has 2 fully saturated rings. The van der Waals surface area contributed by atoms with E-state index in [1.165, 1.54) is 0 Å². The predicted molar refractivity (Wildman–Crippen MR) is 91.2 cm³/mol. The van der Waals surface area contributed by atoms with Gasteiger partial charge in [-0.25, -0.2) is 0 Å². The molecule has 1 saturated heterocycles. The van der Waals surface area contributed by atoms with E-state index in [9.17, 15) is 4.79 Å². The molecule has 0 N–H and O–H groups in total. The molecular formula is C18H20ClN3O2. The zero-order valence-electron chi connectivity index (χ0n) is 13.4. The third kappa shape index (κ3) is 2.94. The molecule has 1 aromatic heterocycles. The van der Waals surface area contributed by atoms with Crippen molar-refractivity contribution in [3.63, 3.8) is 0 Å². The second-order valence-electron chi connectivity index (χ2n) is 6.42.